The molecule has 5 heteroatoms. The SMILES string of the molecule is CCOc1cc(/C=C/C(=O)N(CCO)Cc2ccccc2)ccc1OC. The predicted octanol–water partition coefficient (Wildman–Crippen LogP) is 3.13. The van der Waals surface area contributed by atoms with Crippen molar-refractivity contribution in [2.45, 2.75) is 13.5 Å². The van der Waals surface area contributed by atoms with E-state index in [1.807, 2.05) is 55.5 Å². The van der Waals surface area contributed by atoms with Crippen LogP contribution in [0.5, 0.6) is 11.5 Å². The van der Waals surface area contributed by atoms with E-state index in [1.54, 1.807) is 18.1 Å². The molecule has 0 aliphatic rings. The van der Waals surface area contributed by atoms with Crippen molar-refractivity contribution in [3.8, 4) is 11.5 Å². The third kappa shape index (κ3) is 5.63. The number of amides is 1. The van der Waals surface area contributed by atoms with Crippen molar-refractivity contribution < 1.29 is 19.4 Å². The summed E-state index contributed by atoms with van der Waals surface area (Å²) in [4.78, 5) is 14.1. The summed E-state index contributed by atoms with van der Waals surface area (Å²) < 4.78 is 10.8. The third-order valence-electron chi connectivity index (χ3n) is 3.80. The number of aliphatic hydroxyl groups excluding tert-OH is 1. The second-order valence-corrected chi connectivity index (χ2v) is 5.65. The van der Waals surface area contributed by atoms with Gasteiger partial charge < -0.3 is 19.5 Å². The molecule has 0 bridgehead atoms. The van der Waals surface area contributed by atoms with E-state index in [0.29, 0.717) is 24.7 Å². The maximum Gasteiger partial charge on any atom is 0.246 e. The minimum Gasteiger partial charge on any atom is -0.493 e. The zero-order chi connectivity index (χ0) is 18.8. The Morgan fingerprint density at radius 3 is 2.58 bits per heavy atom. The summed E-state index contributed by atoms with van der Waals surface area (Å²) in [6.45, 7) is 3.09. The van der Waals surface area contributed by atoms with Gasteiger partial charge in [-0.1, -0.05) is 36.4 Å². The Morgan fingerprint density at radius 1 is 1.15 bits per heavy atom. The molecule has 0 spiro atoms. The van der Waals surface area contributed by atoms with Crippen LogP contribution in [0.15, 0.2) is 54.6 Å². The molecule has 0 aliphatic carbocycles. The summed E-state index contributed by atoms with van der Waals surface area (Å²) >= 11 is 0. The van der Waals surface area contributed by atoms with E-state index in [1.165, 1.54) is 6.08 Å². The van der Waals surface area contributed by atoms with Gasteiger partial charge in [-0.25, -0.2) is 0 Å². The predicted molar refractivity (Wildman–Crippen MR) is 102 cm³/mol. The molecule has 1 N–H and O–H groups in total. The first kappa shape index (κ1) is 19.5. The molecule has 0 aliphatic heterocycles. The quantitative estimate of drug-likeness (QED) is 0.702. The number of carbonyl (C=O) groups is 1. The van der Waals surface area contributed by atoms with Gasteiger partial charge in [0.05, 0.1) is 20.3 Å². The average molecular weight is 355 g/mol. The van der Waals surface area contributed by atoms with Crippen molar-refractivity contribution in [1.82, 2.24) is 4.90 Å². The fourth-order valence-corrected chi connectivity index (χ4v) is 2.53. The molecule has 0 unspecified atom stereocenters. The monoisotopic (exact) mass is 355 g/mol. The molecule has 0 fully saturated rings. The standard InChI is InChI=1S/C21H25NO4/c1-3-26-20-15-17(9-11-19(20)25-2)10-12-21(24)22(13-14-23)16-18-7-5-4-6-8-18/h4-12,15,23H,3,13-14,16H2,1-2H3/b12-10+. The van der Waals surface area contributed by atoms with E-state index in [9.17, 15) is 9.90 Å². The van der Waals surface area contributed by atoms with Gasteiger partial charge in [0.2, 0.25) is 5.91 Å². The van der Waals surface area contributed by atoms with Crippen LogP contribution in [0.2, 0.25) is 0 Å². The van der Waals surface area contributed by atoms with E-state index in [0.717, 1.165) is 11.1 Å². The van der Waals surface area contributed by atoms with Gasteiger partial charge in [-0.2, -0.15) is 0 Å². The van der Waals surface area contributed by atoms with Crippen molar-refractivity contribution in [2.24, 2.45) is 0 Å². The number of ether oxygens (including phenoxy) is 2. The Balaban J connectivity index is 2.11. The Morgan fingerprint density at radius 2 is 1.92 bits per heavy atom. The molecule has 0 aromatic heterocycles. The maximum absolute atomic E-state index is 12.5. The Hall–Kier alpha value is -2.79. The molecular weight excluding hydrogens is 330 g/mol. The molecule has 0 saturated heterocycles. The van der Waals surface area contributed by atoms with Gasteiger partial charge in [0, 0.05) is 19.2 Å². The normalized spacial score (nSPS) is 10.7. The van der Waals surface area contributed by atoms with Crippen LogP contribution in [0.1, 0.15) is 18.1 Å². The van der Waals surface area contributed by atoms with Crippen LogP contribution in [-0.4, -0.2) is 42.8 Å². The number of rotatable bonds is 9. The summed E-state index contributed by atoms with van der Waals surface area (Å²) in [6.07, 6.45) is 3.25. The highest BCUT2D eigenvalue weighted by Gasteiger charge is 2.11. The largest absolute Gasteiger partial charge is 0.493 e. The Bertz CT molecular complexity index is 728. The summed E-state index contributed by atoms with van der Waals surface area (Å²) in [5.74, 6) is 1.14. The van der Waals surface area contributed by atoms with Crippen LogP contribution < -0.4 is 9.47 Å². The molecule has 2 aromatic rings. The average Bonchev–Trinajstić information content (AvgIpc) is 2.67. The number of hydrogen-bond acceptors (Lipinski definition) is 4. The van der Waals surface area contributed by atoms with E-state index in [-0.39, 0.29) is 19.1 Å². The highest BCUT2D eigenvalue weighted by atomic mass is 16.5. The number of aliphatic hydroxyl groups is 1. The first-order valence-corrected chi connectivity index (χ1v) is 8.60. The first-order chi connectivity index (χ1) is 12.7. The van der Waals surface area contributed by atoms with Crippen LogP contribution in [-0.2, 0) is 11.3 Å². The lowest BCUT2D eigenvalue weighted by molar-refractivity contribution is -0.127. The lowest BCUT2D eigenvalue weighted by Crippen LogP contribution is -2.31. The fourth-order valence-electron chi connectivity index (χ4n) is 2.53. The third-order valence-corrected chi connectivity index (χ3v) is 3.80. The summed E-state index contributed by atoms with van der Waals surface area (Å²) in [5.41, 5.74) is 1.86. The maximum atomic E-state index is 12.5. The molecule has 138 valence electrons. The highest BCUT2D eigenvalue weighted by molar-refractivity contribution is 5.91. The minimum atomic E-state index is -0.156. The number of methoxy groups -OCH3 is 1. The van der Waals surface area contributed by atoms with Crippen molar-refractivity contribution in [3.63, 3.8) is 0 Å². The molecule has 0 radical (unpaired) electrons. The van der Waals surface area contributed by atoms with E-state index >= 15 is 0 Å². The zero-order valence-corrected chi connectivity index (χ0v) is 15.2. The first-order valence-electron chi connectivity index (χ1n) is 8.60. The molecule has 0 saturated carbocycles. The van der Waals surface area contributed by atoms with Crippen molar-refractivity contribution in [3.05, 3.63) is 65.7 Å². The highest BCUT2D eigenvalue weighted by Crippen LogP contribution is 2.28. The molecular formula is C21H25NO4. The van der Waals surface area contributed by atoms with Crippen LogP contribution in [0, 0.1) is 0 Å². The van der Waals surface area contributed by atoms with Gasteiger partial charge in [0.15, 0.2) is 11.5 Å². The molecule has 2 rings (SSSR count). The van der Waals surface area contributed by atoms with Gasteiger partial charge >= 0.3 is 0 Å². The van der Waals surface area contributed by atoms with Crippen LogP contribution in [0.25, 0.3) is 6.08 Å². The van der Waals surface area contributed by atoms with E-state index < -0.39 is 0 Å². The second-order valence-electron chi connectivity index (χ2n) is 5.65. The Labute approximate surface area is 154 Å². The number of hydrogen-bond donors (Lipinski definition) is 1. The summed E-state index contributed by atoms with van der Waals surface area (Å²) in [6, 6.07) is 15.2. The Kier molecular flexibility index (Phi) is 7.71. The van der Waals surface area contributed by atoms with E-state index in [4.69, 9.17) is 9.47 Å². The van der Waals surface area contributed by atoms with E-state index in [2.05, 4.69) is 0 Å². The van der Waals surface area contributed by atoms with Gasteiger partial charge in [-0.05, 0) is 36.3 Å². The molecule has 26 heavy (non-hydrogen) atoms. The molecule has 2 aromatic carbocycles. The lowest BCUT2D eigenvalue weighted by Gasteiger charge is -2.20. The van der Waals surface area contributed by atoms with Crippen molar-refractivity contribution in [1.29, 1.82) is 0 Å². The number of carbonyl (C=O) groups excluding carboxylic acids is 1. The van der Waals surface area contributed by atoms with Gasteiger partial charge in [-0.15, -0.1) is 0 Å². The van der Waals surface area contributed by atoms with Crippen LogP contribution >= 0.6 is 0 Å². The lowest BCUT2D eigenvalue weighted by atomic mass is 10.1. The zero-order valence-electron chi connectivity index (χ0n) is 15.2. The second kappa shape index (κ2) is 10.3. The number of nitrogens with zero attached hydrogens (tertiary/aromatic N) is 1. The van der Waals surface area contributed by atoms with Crippen LogP contribution in [0.3, 0.4) is 0 Å². The summed E-state index contributed by atoms with van der Waals surface area (Å²) in [7, 11) is 1.59. The smallest absolute Gasteiger partial charge is 0.246 e. The van der Waals surface area contributed by atoms with Crippen LogP contribution in [0.4, 0.5) is 0 Å². The fraction of sp³-hybridized carbons (Fsp3) is 0.286. The van der Waals surface area contributed by atoms with Crippen molar-refractivity contribution >= 4 is 12.0 Å². The van der Waals surface area contributed by atoms with Gasteiger partial charge in [0.25, 0.3) is 0 Å². The topological polar surface area (TPSA) is 59.0 Å². The molecule has 0 heterocycles. The molecule has 0 atom stereocenters. The van der Waals surface area contributed by atoms with Gasteiger partial charge in [-0.3, -0.25) is 4.79 Å². The minimum absolute atomic E-state index is 0.0799. The molecule has 5 nitrogen and oxygen atoms in total. The molecule has 1 amide bonds. The van der Waals surface area contributed by atoms with Crippen molar-refractivity contribution in [2.75, 3.05) is 26.9 Å². The summed E-state index contributed by atoms with van der Waals surface area (Å²) in [5, 5.41) is 9.25. The van der Waals surface area contributed by atoms with Gasteiger partial charge in [0.1, 0.15) is 0 Å². The number of benzene rings is 2.